The predicted octanol–water partition coefficient (Wildman–Crippen LogP) is 7.42. The number of hydrogen-bond acceptors (Lipinski definition) is 5. The van der Waals surface area contributed by atoms with E-state index in [0.29, 0.717) is 6.61 Å². The summed E-state index contributed by atoms with van der Waals surface area (Å²) in [5.41, 5.74) is 4.02. The fourth-order valence-corrected chi connectivity index (χ4v) is 4.04. The molecule has 2 atom stereocenters. The Morgan fingerprint density at radius 1 is 0.941 bits per heavy atom. The van der Waals surface area contributed by atoms with Crippen molar-refractivity contribution in [1.29, 1.82) is 0 Å². The van der Waals surface area contributed by atoms with Gasteiger partial charge in [-0.1, -0.05) is 31.2 Å². The van der Waals surface area contributed by atoms with Crippen molar-refractivity contribution in [3.8, 4) is 17.2 Å². The molecular weight excluding hydrogens is 426 g/mol. The van der Waals surface area contributed by atoms with E-state index in [0.717, 1.165) is 65.3 Å². The van der Waals surface area contributed by atoms with Crippen molar-refractivity contribution in [2.24, 2.45) is 5.16 Å². The molecule has 2 aromatic carbocycles. The van der Waals surface area contributed by atoms with Gasteiger partial charge >= 0.3 is 0 Å². The van der Waals surface area contributed by atoms with Gasteiger partial charge in [0.05, 0.1) is 5.71 Å². The third kappa shape index (κ3) is 7.82. The van der Waals surface area contributed by atoms with E-state index in [-0.39, 0.29) is 12.2 Å². The highest BCUT2D eigenvalue weighted by atomic mass is 16.6. The first-order chi connectivity index (χ1) is 16.5. The molecule has 0 heterocycles. The van der Waals surface area contributed by atoms with Gasteiger partial charge < -0.3 is 19.0 Å². The molecule has 34 heavy (non-hydrogen) atoms. The number of aryl methyl sites for hydroxylation is 2. The molecule has 0 spiro atoms. The van der Waals surface area contributed by atoms with Crippen LogP contribution in [-0.4, -0.2) is 31.6 Å². The van der Waals surface area contributed by atoms with Gasteiger partial charge in [0.1, 0.15) is 43.2 Å². The quantitative estimate of drug-likeness (QED) is 0.219. The van der Waals surface area contributed by atoms with Crippen LogP contribution in [0, 0.1) is 13.8 Å². The summed E-state index contributed by atoms with van der Waals surface area (Å²) in [6.45, 7) is 12.6. The number of hydrogen-bond donors (Lipinski definition) is 0. The summed E-state index contributed by atoms with van der Waals surface area (Å²) in [5, 5.41) is 3.99. The van der Waals surface area contributed by atoms with Crippen LogP contribution >= 0.6 is 0 Å². The smallest absolute Gasteiger partial charge is 0.135 e. The molecule has 0 N–H and O–H groups in total. The molecule has 186 valence electrons. The van der Waals surface area contributed by atoms with E-state index in [1.807, 2.05) is 76.2 Å². The van der Waals surface area contributed by atoms with Crippen LogP contribution in [0.15, 0.2) is 53.7 Å². The average Bonchev–Trinajstić information content (AvgIpc) is 2.84. The number of ether oxygens (including phenoxy) is 3. The van der Waals surface area contributed by atoms with Crippen LogP contribution in [-0.2, 0) is 4.84 Å². The van der Waals surface area contributed by atoms with Gasteiger partial charge in [0.2, 0.25) is 0 Å². The van der Waals surface area contributed by atoms with Crippen molar-refractivity contribution in [1.82, 2.24) is 0 Å². The maximum Gasteiger partial charge on any atom is 0.135 e. The van der Waals surface area contributed by atoms with Gasteiger partial charge in [-0.25, -0.2) is 0 Å². The van der Waals surface area contributed by atoms with E-state index >= 15 is 0 Å². The molecule has 2 aromatic rings. The molecule has 0 saturated heterocycles. The van der Waals surface area contributed by atoms with Crippen molar-refractivity contribution in [2.75, 3.05) is 13.7 Å². The Morgan fingerprint density at radius 3 is 2.09 bits per heavy atom. The fourth-order valence-electron chi connectivity index (χ4n) is 4.04. The Hall–Kier alpha value is -2.95. The van der Waals surface area contributed by atoms with Gasteiger partial charge in [-0.2, -0.15) is 0 Å². The van der Waals surface area contributed by atoms with Crippen LogP contribution in [0.3, 0.4) is 0 Å². The molecular formula is C29H41NO4. The lowest BCUT2D eigenvalue weighted by molar-refractivity contribution is 0.0224. The van der Waals surface area contributed by atoms with Crippen molar-refractivity contribution < 1.29 is 19.0 Å². The second-order valence-corrected chi connectivity index (χ2v) is 8.25. The Morgan fingerprint density at radius 2 is 1.53 bits per heavy atom. The van der Waals surface area contributed by atoms with Crippen molar-refractivity contribution >= 4 is 5.71 Å². The van der Waals surface area contributed by atoms with E-state index in [9.17, 15) is 0 Å². The minimum Gasteiger partial charge on any atom is -0.490 e. The number of nitrogens with zero attached hydrogens (tertiary/aromatic N) is 1. The van der Waals surface area contributed by atoms with Crippen LogP contribution in [0.25, 0.3) is 0 Å². The molecule has 0 aliphatic heterocycles. The SMILES string of the molecule is C/C=C/COc1cc(C)c(OC2CCCCC2Oc2ccc(/C(C)=N\OC)cc2)c(C)c1.CC. The molecule has 3 rings (SSSR count). The number of rotatable bonds is 9. The van der Waals surface area contributed by atoms with Crippen LogP contribution in [0.1, 0.15) is 70.1 Å². The monoisotopic (exact) mass is 467 g/mol. The first-order valence-corrected chi connectivity index (χ1v) is 12.4. The van der Waals surface area contributed by atoms with Gasteiger partial charge in [0, 0.05) is 0 Å². The summed E-state index contributed by atoms with van der Waals surface area (Å²) >= 11 is 0. The maximum atomic E-state index is 6.55. The number of oxime groups is 1. The highest BCUT2D eigenvalue weighted by Gasteiger charge is 2.29. The molecule has 0 aromatic heterocycles. The minimum absolute atomic E-state index is 0.0207. The van der Waals surface area contributed by atoms with E-state index in [1.165, 1.54) is 0 Å². The zero-order valence-corrected chi connectivity index (χ0v) is 21.9. The molecule has 0 amide bonds. The molecule has 1 aliphatic carbocycles. The number of benzene rings is 2. The second kappa shape index (κ2) is 14.3. The summed E-state index contributed by atoms with van der Waals surface area (Å²) in [5.74, 6) is 2.65. The summed E-state index contributed by atoms with van der Waals surface area (Å²) in [6, 6.07) is 12.1. The maximum absolute atomic E-state index is 6.55. The average molecular weight is 468 g/mol. The van der Waals surface area contributed by atoms with Crippen molar-refractivity contribution in [3.05, 3.63) is 65.2 Å². The van der Waals surface area contributed by atoms with E-state index < -0.39 is 0 Å². The van der Waals surface area contributed by atoms with Crippen LogP contribution in [0.2, 0.25) is 0 Å². The highest BCUT2D eigenvalue weighted by Crippen LogP contribution is 2.33. The number of allylic oxidation sites excluding steroid dienone is 1. The zero-order valence-electron chi connectivity index (χ0n) is 21.9. The lowest BCUT2D eigenvalue weighted by Crippen LogP contribution is -2.39. The zero-order chi connectivity index (χ0) is 24.9. The predicted molar refractivity (Wildman–Crippen MR) is 141 cm³/mol. The molecule has 1 aliphatic rings. The third-order valence-electron chi connectivity index (χ3n) is 5.71. The van der Waals surface area contributed by atoms with Crippen LogP contribution in [0.5, 0.6) is 17.2 Å². The van der Waals surface area contributed by atoms with E-state index in [4.69, 9.17) is 19.0 Å². The topological polar surface area (TPSA) is 49.3 Å². The Bertz CT molecular complexity index is 911. The van der Waals surface area contributed by atoms with Gasteiger partial charge in [-0.05, 0) is 106 Å². The first kappa shape index (κ1) is 27.3. The molecule has 5 heteroatoms. The third-order valence-corrected chi connectivity index (χ3v) is 5.71. The lowest BCUT2D eigenvalue weighted by atomic mass is 9.94. The van der Waals surface area contributed by atoms with Gasteiger partial charge in [-0.3, -0.25) is 0 Å². The van der Waals surface area contributed by atoms with Crippen molar-refractivity contribution in [3.63, 3.8) is 0 Å². The second-order valence-electron chi connectivity index (χ2n) is 8.25. The lowest BCUT2D eigenvalue weighted by Gasteiger charge is -2.33. The molecule has 2 unspecified atom stereocenters. The summed E-state index contributed by atoms with van der Waals surface area (Å²) in [4.78, 5) is 4.86. The molecule has 0 bridgehead atoms. The normalized spacial score (nSPS) is 18.1. The first-order valence-electron chi connectivity index (χ1n) is 12.4. The summed E-state index contributed by atoms with van der Waals surface area (Å²) in [6.07, 6.45) is 8.30. The van der Waals surface area contributed by atoms with Crippen LogP contribution in [0.4, 0.5) is 0 Å². The van der Waals surface area contributed by atoms with Gasteiger partial charge in [0.25, 0.3) is 0 Å². The molecule has 1 saturated carbocycles. The van der Waals surface area contributed by atoms with Gasteiger partial charge in [-0.15, -0.1) is 0 Å². The van der Waals surface area contributed by atoms with Gasteiger partial charge in [0.15, 0.2) is 0 Å². The van der Waals surface area contributed by atoms with Crippen molar-refractivity contribution in [2.45, 2.75) is 79.4 Å². The molecule has 5 nitrogen and oxygen atoms in total. The molecule has 0 radical (unpaired) electrons. The standard InChI is InChI=1S/C27H35NO4.C2H6/c1-6-7-16-30-24-17-19(2)27(20(3)18-24)32-26-11-9-8-10-25(26)31-23-14-12-22(13-15-23)21(4)28-29-5;1-2/h6-7,12-15,17-18,25-26H,8-11,16H2,1-5H3;1-2H3/b7-6+,28-21-;. The van der Waals surface area contributed by atoms with Crippen LogP contribution < -0.4 is 14.2 Å². The minimum atomic E-state index is 0.0207. The Balaban J connectivity index is 0.00000199. The summed E-state index contributed by atoms with van der Waals surface area (Å²) in [7, 11) is 1.55. The van der Waals surface area contributed by atoms with E-state index in [1.54, 1.807) is 7.11 Å². The fraction of sp³-hybridized carbons (Fsp3) is 0.483. The Labute approximate surface area is 205 Å². The molecule has 1 fully saturated rings. The summed E-state index contributed by atoms with van der Waals surface area (Å²) < 4.78 is 18.7. The largest absolute Gasteiger partial charge is 0.490 e. The Kier molecular flexibility index (Phi) is 11.5. The van der Waals surface area contributed by atoms with E-state index in [2.05, 4.69) is 19.0 Å². The highest BCUT2D eigenvalue weighted by molar-refractivity contribution is 5.98.